The molecule has 14 heavy (non-hydrogen) atoms. The average Bonchev–Trinajstić information content (AvgIpc) is 2.12. The molecule has 0 aliphatic heterocycles. The summed E-state index contributed by atoms with van der Waals surface area (Å²) in [5, 5.41) is 3.21. The Morgan fingerprint density at radius 2 is 2.14 bits per heavy atom. The number of nitrogens with zero attached hydrogens (tertiary/aromatic N) is 1. The van der Waals surface area contributed by atoms with E-state index in [1.54, 1.807) is 6.08 Å². The molecule has 0 atom stereocenters. The van der Waals surface area contributed by atoms with Crippen molar-refractivity contribution >= 4 is 5.71 Å². The van der Waals surface area contributed by atoms with Gasteiger partial charge in [-0.1, -0.05) is 13.5 Å². The minimum atomic E-state index is 0.373. The van der Waals surface area contributed by atoms with Crippen molar-refractivity contribution in [3.63, 3.8) is 0 Å². The van der Waals surface area contributed by atoms with Crippen LogP contribution in [-0.4, -0.2) is 11.8 Å². The standard InChI is InChI=1S/C11H21N3/c1-6-10(7-2)14-11(12)9(5)13-8(3)4/h6,8,13H,1,7,12H2,2-5H3/b11-9+,14-10+. The van der Waals surface area contributed by atoms with Crippen LogP contribution in [0.4, 0.5) is 0 Å². The lowest BCUT2D eigenvalue weighted by Crippen LogP contribution is -2.23. The molecule has 0 aromatic heterocycles. The third kappa shape index (κ3) is 4.70. The van der Waals surface area contributed by atoms with Gasteiger partial charge in [0.05, 0.1) is 5.70 Å². The minimum absolute atomic E-state index is 0.373. The van der Waals surface area contributed by atoms with Crippen molar-refractivity contribution in [1.29, 1.82) is 0 Å². The molecular weight excluding hydrogens is 174 g/mol. The molecule has 0 unspecified atom stereocenters. The van der Waals surface area contributed by atoms with Crippen LogP contribution in [0.2, 0.25) is 0 Å². The van der Waals surface area contributed by atoms with Gasteiger partial charge in [-0.2, -0.15) is 0 Å². The zero-order valence-electron chi connectivity index (χ0n) is 9.59. The van der Waals surface area contributed by atoms with E-state index in [0.717, 1.165) is 17.8 Å². The fourth-order valence-electron chi connectivity index (χ4n) is 1.01. The summed E-state index contributed by atoms with van der Waals surface area (Å²) >= 11 is 0. The van der Waals surface area contributed by atoms with E-state index in [4.69, 9.17) is 5.73 Å². The second kappa shape index (κ2) is 6.24. The molecule has 80 valence electrons. The smallest absolute Gasteiger partial charge is 0.142 e. The molecule has 3 N–H and O–H groups in total. The summed E-state index contributed by atoms with van der Waals surface area (Å²) in [4.78, 5) is 4.26. The number of allylic oxidation sites excluding steroid dienone is 2. The van der Waals surface area contributed by atoms with E-state index in [1.165, 1.54) is 0 Å². The SMILES string of the molecule is C=C/C(CC)=N\C(N)=C(/C)NC(C)C. The quantitative estimate of drug-likeness (QED) is 0.660. The zero-order chi connectivity index (χ0) is 11.1. The molecule has 0 aromatic rings. The zero-order valence-corrected chi connectivity index (χ0v) is 9.59. The Morgan fingerprint density at radius 3 is 2.50 bits per heavy atom. The molecule has 0 fully saturated rings. The number of hydrogen-bond donors (Lipinski definition) is 2. The van der Waals surface area contributed by atoms with Crippen LogP contribution in [-0.2, 0) is 0 Å². The van der Waals surface area contributed by atoms with Gasteiger partial charge < -0.3 is 11.1 Å². The van der Waals surface area contributed by atoms with Crippen molar-refractivity contribution in [2.24, 2.45) is 10.7 Å². The maximum atomic E-state index is 5.80. The molecule has 0 rings (SSSR count). The van der Waals surface area contributed by atoms with Gasteiger partial charge in [-0.15, -0.1) is 0 Å². The van der Waals surface area contributed by atoms with Crippen LogP contribution in [0.5, 0.6) is 0 Å². The van der Waals surface area contributed by atoms with Crippen molar-refractivity contribution in [2.75, 3.05) is 0 Å². The Hall–Kier alpha value is -1.25. The molecule has 0 saturated heterocycles. The summed E-state index contributed by atoms with van der Waals surface area (Å²) in [7, 11) is 0. The van der Waals surface area contributed by atoms with E-state index >= 15 is 0 Å². The molecule has 0 aromatic carbocycles. The van der Waals surface area contributed by atoms with Crippen molar-refractivity contribution in [2.45, 2.75) is 40.2 Å². The first kappa shape index (κ1) is 12.8. The van der Waals surface area contributed by atoms with Gasteiger partial charge in [0.15, 0.2) is 0 Å². The van der Waals surface area contributed by atoms with Gasteiger partial charge in [0.2, 0.25) is 0 Å². The van der Waals surface area contributed by atoms with Crippen LogP contribution in [0.3, 0.4) is 0 Å². The van der Waals surface area contributed by atoms with E-state index in [2.05, 4.69) is 30.7 Å². The number of hydrogen-bond acceptors (Lipinski definition) is 3. The average molecular weight is 195 g/mol. The summed E-state index contributed by atoms with van der Waals surface area (Å²) in [6.07, 6.45) is 2.58. The van der Waals surface area contributed by atoms with E-state index in [1.807, 2.05) is 13.8 Å². The molecule has 0 spiro atoms. The fraction of sp³-hybridized carbons (Fsp3) is 0.545. The lowest BCUT2D eigenvalue weighted by atomic mass is 10.3. The number of nitrogens with two attached hydrogens (primary N) is 1. The summed E-state index contributed by atoms with van der Waals surface area (Å²) in [5.41, 5.74) is 7.62. The Labute approximate surface area is 86.8 Å². The first-order valence-electron chi connectivity index (χ1n) is 4.94. The van der Waals surface area contributed by atoms with Gasteiger partial charge in [-0.05, 0) is 33.3 Å². The number of nitrogens with one attached hydrogen (secondary N) is 1. The molecular formula is C11H21N3. The lowest BCUT2D eigenvalue weighted by molar-refractivity contribution is 0.661. The predicted octanol–water partition coefficient (Wildman–Crippen LogP) is 2.17. The Kier molecular flexibility index (Phi) is 5.68. The minimum Gasteiger partial charge on any atom is -0.383 e. The molecule has 0 saturated carbocycles. The second-order valence-electron chi connectivity index (χ2n) is 3.47. The predicted molar refractivity (Wildman–Crippen MR) is 63.1 cm³/mol. The lowest BCUT2D eigenvalue weighted by Gasteiger charge is -2.11. The highest BCUT2D eigenvalue weighted by atomic mass is 15.0. The molecule has 3 heteroatoms. The number of rotatable bonds is 5. The van der Waals surface area contributed by atoms with Crippen molar-refractivity contribution < 1.29 is 0 Å². The van der Waals surface area contributed by atoms with E-state index < -0.39 is 0 Å². The normalized spacial score (nSPS) is 13.9. The highest BCUT2D eigenvalue weighted by Gasteiger charge is 1.98. The highest BCUT2D eigenvalue weighted by molar-refractivity contribution is 5.94. The summed E-state index contributed by atoms with van der Waals surface area (Å²) in [5.74, 6) is 0.537. The first-order valence-corrected chi connectivity index (χ1v) is 4.94. The Morgan fingerprint density at radius 1 is 1.57 bits per heavy atom. The monoisotopic (exact) mass is 195 g/mol. The summed E-state index contributed by atoms with van der Waals surface area (Å²) < 4.78 is 0. The summed E-state index contributed by atoms with van der Waals surface area (Å²) in [6.45, 7) is 11.8. The third-order valence-corrected chi connectivity index (χ3v) is 1.75. The first-order chi connectivity index (χ1) is 6.51. The fourth-order valence-corrected chi connectivity index (χ4v) is 1.01. The van der Waals surface area contributed by atoms with Gasteiger partial charge in [0, 0.05) is 11.8 Å². The van der Waals surface area contributed by atoms with Crippen LogP contribution in [0.1, 0.15) is 34.1 Å². The van der Waals surface area contributed by atoms with Crippen molar-refractivity contribution in [3.8, 4) is 0 Å². The van der Waals surface area contributed by atoms with E-state index in [9.17, 15) is 0 Å². The van der Waals surface area contributed by atoms with Crippen LogP contribution >= 0.6 is 0 Å². The second-order valence-corrected chi connectivity index (χ2v) is 3.47. The molecule has 0 bridgehead atoms. The molecule has 3 nitrogen and oxygen atoms in total. The van der Waals surface area contributed by atoms with Gasteiger partial charge in [0.1, 0.15) is 5.82 Å². The van der Waals surface area contributed by atoms with Crippen LogP contribution in [0.25, 0.3) is 0 Å². The van der Waals surface area contributed by atoms with Gasteiger partial charge >= 0.3 is 0 Å². The van der Waals surface area contributed by atoms with Gasteiger partial charge in [0.25, 0.3) is 0 Å². The van der Waals surface area contributed by atoms with Crippen LogP contribution in [0.15, 0.2) is 29.2 Å². The van der Waals surface area contributed by atoms with Crippen molar-refractivity contribution in [1.82, 2.24) is 5.32 Å². The van der Waals surface area contributed by atoms with E-state index in [0.29, 0.717) is 11.9 Å². The topological polar surface area (TPSA) is 50.4 Å². The largest absolute Gasteiger partial charge is 0.383 e. The maximum absolute atomic E-state index is 5.80. The van der Waals surface area contributed by atoms with Crippen molar-refractivity contribution in [3.05, 3.63) is 24.2 Å². The van der Waals surface area contributed by atoms with Crippen LogP contribution < -0.4 is 11.1 Å². The van der Waals surface area contributed by atoms with Gasteiger partial charge in [-0.3, -0.25) is 0 Å². The molecule has 0 radical (unpaired) electrons. The Bertz CT molecular complexity index is 249. The summed E-state index contributed by atoms with van der Waals surface area (Å²) in [6, 6.07) is 0.373. The molecule has 0 aliphatic rings. The van der Waals surface area contributed by atoms with Gasteiger partial charge in [-0.25, -0.2) is 4.99 Å². The third-order valence-electron chi connectivity index (χ3n) is 1.75. The maximum Gasteiger partial charge on any atom is 0.142 e. The Balaban J connectivity index is 4.64. The molecule has 0 aliphatic carbocycles. The van der Waals surface area contributed by atoms with E-state index in [-0.39, 0.29) is 0 Å². The highest BCUT2D eigenvalue weighted by Crippen LogP contribution is 2.00. The number of aliphatic imine (C=N–C) groups is 1. The molecule has 0 amide bonds. The molecule has 0 heterocycles. The van der Waals surface area contributed by atoms with Crippen LogP contribution in [0, 0.1) is 0 Å².